The zero-order chi connectivity index (χ0) is 42.6. The molecule has 11 aromatic carbocycles. The first-order valence-electron chi connectivity index (χ1n) is 20.5. The van der Waals surface area contributed by atoms with Gasteiger partial charge in [0.2, 0.25) is 0 Å². The fourth-order valence-corrected chi connectivity index (χ4v) is 8.64. The molecule has 61 heavy (non-hydrogen) atoms. The van der Waals surface area contributed by atoms with Crippen LogP contribution in [0.25, 0.3) is 86.9 Å². The van der Waals surface area contributed by atoms with Gasteiger partial charge in [-0.1, -0.05) is 127 Å². The molecule has 0 amide bonds. The molecule has 0 bridgehead atoms. The summed E-state index contributed by atoms with van der Waals surface area (Å²) in [6, 6.07) is 67.9. The Balaban J connectivity index is 0.000000135. The summed E-state index contributed by atoms with van der Waals surface area (Å²) in [6.07, 6.45) is 0. The van der Waals surface area contributed by atoms with E-state index in [-0.39, 0.29) is 0 Å². The second kappa shape index (κ2) is 18.8. The van der Waals surface area contributed by atoms with Gasteiger partial charge in [-0.15, -0.1) is 81.2 Å². The van der Waals surface area contributed by atoms with Gasteiger partial charge in [-0.25, -0.2) is 0 Å². The fourth-order valence-electron chi connectivity index (χ4n) is 8.64. The molecule has 11 aromatic rings. The fraction of sp³-hybridized carbons (Fsp3) is 0.0702. The predicted octanol–water partition coefficient (Wildman–Crippen LogP) is 17.2. The third-order valence-electron chi connectivity index (χ3n) is 11.4. The number of rotatable bonds is 2. The maximum atomic E-state index is 5.15. The average molecular weight is 920 g/mol. The number of hydrogen-bond donors (Lipinski definition) is 0. The zero-order valence-electron chi connectivity index (χ0n) is 34.9. The summed E-state index contributed by atoms with van der Waals surface area (Å²) in [5.41, 5.74) is 11.8. The summed E-state index contributed by atoms with van der Waals surface area (Å²) in [7, 11) is 10.3. The molecule has 0 spiro atoms. The Morgan fingerprint density at radius 2 is 0.770 bits per heavy atom. The van der Waals surface area contributed by atoms with E-state index in [0.29, 0.717) is 0 Å². The zero-order valence-corrected chi connectivity index (χ0v) is 39.8. The van der Waals surface area contributed by atoms with Gasteiger partial charge >= 0.3 is 41.9 Å². The molecule has 2 radical (unpaired) electrons. The molecular formula is C57H45Cl2SiZr-3. The van der Waals surface area contributed by atoms with Crippen LogP contribution in [0.15, 0.2) is 188 Å². The van der Waals surface area contributed by atoms with Crippen molar-refractivity contribution in [3.63, 3.8) is 0 Å². The number of halogens is 2. The Kier molecular flexibility index (Phi) is 13.1. The monoisotopic (exact) mass is 917 g/mol. The summed E-state index contributed by atoms with van der Waals surface area (Å²) in [5, 5.41) is 15.8. The van der Waals surface area contributed by atoms with Crippen molar-refractivity contribution in [1.29, 1.82) is 0 Å². The summed E-state index contributed by atoms with van der Waals surface area (Å²) in [5.74, 6) is 0. The minimum absolute atomic E-state index is 1.07. The molecule has 11 rings (SSSR count). The average Bonchev–Trinajstić information content (AvgIpc) is 3.83. The van der Waals surface area contributed by atoms with Crippen LogP contribution < -0.4 is 0 Å². The molecule has 298 valence electrons. The molecule has 0 aliphatic rings. The molecule has 0 saturated carbocycles. The molecule has 0 saturated heterocycles. The van der Waals surface area contributed by atoms with E-state index in [9.17, 15) is 0 Å². The van der Waals surface area contributed by atoms with Gasteiger partial charge in [0.25, 0.3) is 0 Å². The van der Waals surface area contributed by atoms with Crippen LogP contribution in [0.5, 0.6) is 0 Å². The van der Waals surface area contributed by atoms with Crippen LogP contribution >= 0.6 is 17.0 Å². The van der Waals surface area contributed by atoms with Crippen molar-refractivity contribution in [3.05, 3.63) is 223 Å². The van der Waals surface area contributed by atoms with Crippen LogP contribution in [0.2, 0.25) is 0 Å². The minimum atomic E-state index is -1.79. The van der Waals surface area contributed by atoms with E-state index in [4.69, 9.17) is 17.0 Å². The predicted molar refractivity (Wildman–Crippen MR) is 267 cm³/mol. The SMILES string of the molecule is Cc1cc2c(-c3cccc4cc5ccccc5cc34)c(C)ccc2[cH-]1.Cc1cc2c(-c3cccc4cc5ccccc5cc34)c(C)ccc2[cH-]1.[CH2-]c1ccccc1.[Si]=[Zr]([Cl])[Cl]. The van der Waals surface area contributed by atoms with Gasteiger partial charge in [-0.05, 0) is 92.3 Å². The number of benzene rings is 9. The second-order valence-corrected chi connectivity index (χ2v) is 29.4. The summed E-state index contributed by atoms with van der Waals surface area (Å²) >= 11 is -1.79. The molecule has 0 heterocycles. The first-order valence-corrected chi connectivity index (χ1v) is 31.0. The standard InChI is InChI=1S/2C25H19.C7H7.2ClH.Si.Zr/c2*1-16-12-21-11-10-17(2)25(24(21)13-16)22-9-5-8-20-14-18-6-3-4-7-19(18)15-23(20)22;1-7-5-3-2-4-6-7;;;;/h2*3-15H,1-2H3;2-6H,1H2;2*1H;;/q3*-1;;;;+2/p-2. The molecule has 0 aliphatic heterocycles. The molecule has 0 unspecified atom stereocenters. The Morgan fingerprint density at radius 3 is 1.15 bits per heavy atom. The molecule has 0 aromatic heterocycles. The first-order chi connectivity index (χ1) is 29.5. The Labute approximate surface area is 376 Å². The van der Waals surface area contributed by atoms with Crippen molar-refractivity contribution in [3.8, 4) is 22.3 Å². The van der Waals surface area contributed by atoms with Gasteiger partial charge in [-0.2, -0.15) is 36.8 Å². The quantitative estimate of drug-likeness (QED) is 0.0921. The van der Waals surface area contributed by atoms with E-state index in [1.807, 2.05) is 30.3 Å². The van der Waals surface area contributed by atoms with Gasteiger partial charge < -0.3 is 0 Å². The van der Waals surface area contributed by atoms with Crippen LogP contribution in [-0.2, 0) is 18.0 Å². The van der Waals surface area contributed by atoms with Crippen LogP contribution in [0.3, 0.4) is 0 Å². The maximum absolute atomic E-state index is 5.15. The van der Waals surface area contributed by atoms with Gasteiger partial charge in [0.15, 0.2) is 0 Å². The van der Waals surface area contributed by atoms with E-state index < -0.39 is 18.0 Å². The van der Waals surface area contributed by atoms with E-state index >= 15 is 0 Å². The van der Waals surface area contributed by atoms with E-state index in [1.54, 1.807) is 0 Å². The molecule has 0 nitrogen and oxygen atoms in total. The van der Waals surface area contributed by atoms with Crippen molar-refractivity contribution < 1.29 is 18.0 Å². The summed E-state index contributed by atoms with van der Waals surface area (Å²) in [4.78, 5) is 0. The molecule has 0 aliphatic carbocycles. The number of hydrogen-bond acceptors (Lipinski definition) is 0. The molecule has 0 N–H and O–H groups in total. The molecule has 4 heteroatoms. The number of fused-ring (bicyclic) bond motifs is 6. The summed E-state index contributed by atoms with van der Waals surface area (Å²) < 4.78 is 0. The van der Waals surface area contributed by atoms with Crippen molar-refractivity contribution in [2.75, 3.05) is 0 Å². The van der Waals surface area contributed by atoms with Crippen LogP contribution in [-0.4, -0.2) is 6.88 Å². The summed E-state index contributed by atoms with van der Waals surface area (Å²) in [6.45, 7) is 15.6. The van der Waals surface area contributed by atoms with E-state index in [1.165, 1.54) is 109 Å². The topological polar surface area (TPSA) is 0 Å². The van der Waals surface area contributed by atoms with Crippen LogP contribution in [0.4, 0.5) is 0 Å². The van der Waals surface area contributed by atoms with Crippen LogP contribution in [0.1, 0.15) is 27.8 Å². The molecular weight excluding hydrogens is 875 g/mol. The van der Waals surface area contributed by atoms with Crippen molar-refractivity contribution in [1.82, 2.24) is 0 Å². The Hall–Kier alpha value is -5.21. The third-order valence-corrected chi connectivity index (χ3v) is 11.4. The van der Waals surface area contributed by atoms with E-state index in [0.717, 1.165) is 5.56 Å². The van der Waals surface area contributed by atoms with Gasteiger partial charge in [0.05, 0.1) is 0 Å². The van der Waals surface area contributed by atoms with Crippen LogP contribution in [0, 0.1) is 34.6 Å². The first kappa shape index (κ1) is 42.5. The van der Waals surface area contributed by atoms with Crippen molar-refractivity contribution in [2.45, 2.75) is 27.7 Å². The molecule has 0 atom stereocenters. The van der Waals surface area contributed by atoms with Gasteiger partial charge in [0, 0.05) is 0 Å². The molecule has 0 fully saturated rings. The van der Waals surface area contributed by atoms with Crippen molar-refractivity contribution >= 4 is 88.5 Å². The third kappa shape index (κ3) is 9.50. The second-order valence-electron chi connectivity index (χ2n) is 15.8. The van der Waals surface area contributed by atoms with Crippen molar-refractivity contribution in [2.24, 2.45) is 0 Å². The van der Waals surface area contributed by atoms with Gasteiger partial charge in [-0.3, -0.25) is 0 Å². The Bertz CT molecular complexity index is 3150. The van der Waals surface area contributed by atoms with Gasteiger partial charge in [0.1, 0.15) is 0 Å². The normalized spacial score (nSPS) is 10.9. The van der Waals surface area contributed by atoms with E-state index in [2.05, 4.69) is 199 Å². The number of aryl methyl sites for hydroxylation is 4. The Morgan fingerprint density at radius 1 is 0.410 bits per heavy atom.